The summed E-state index contributed by atoms with van der Waals surface area (Å²) < 4.78 is 22.8. The van der Waals surface area contributed by atoms with Gasteiger partial charge in [0.05, 0.1) is 11.5 Å². The molecule has 114 valence electrons. The van der Waals surface area contributed by atoms with Gasteiger partial charge in [-0.2, -0.15) is 0 Å². The minimum Gasteiger partial charge on any atom is -0.301 e. The van der Waals surface area contributed by atoms with Gasteiger partial charge in [0.15, 0.2) is 9.84 Å². The van der Waals surface area contributed by atoms with Gasteiger partial charge in [-0.15, -0.1) is 0 Å². The lowest BCUT2D eigenvalue weighted by molar-refractivity contribution is 0.228. The van der Waals surface area contributed by atoms with Crippen LogP contribution in [-0.4, -0.2) is 44.5 Å². The Hall–Kier alpha value is -0.0900. The number of hydrogen-bond acceptors (Lipinski definition) is 3. The predicted molar refractivity (Wildman–Crippen MR) is 82.3 cm³/mol. The second-order valence-corrected chi connectivity index (χ2v) is 8.26. The molecule has 0 amide bonds. The standard InChI is InChI=1S/C15H31NO2S/c1-3-5-6-7-9-15(8-4-2)14-16-10-12-19(17,18)13-11-16/h15H,3-14H2,1-2H3. The van der Waals surface area contributed by atoms with Gasteiger partial charge in [0.25, 0.3) is 0 Å². The van der Waals surface area contributed by atoms with Crippen LogP contribution < -0.4 is 0 Å². The summed E-state index contributed by atoms with van der Waals surface area (Å²) in [7, 11) is -2.73. The molecule has 0 spiro atoms. The van der Waals surface area contributed by atoms with E-state index in [9.17, 15) is 8.42 Å². The molecule has 1 heterocycles. The Kier molecular flexibility index (Phi) is 8.00. The van der Waals surface area contributed by atoms with E-state index in [4.69, 9.17) is 0 Å². The van der Waals surface area contributed by atoms with Crippen molar-refractivity contribution in [1.29, 1.82) is 0 Å². The third-order valence-corrected chi connectivity index (χ3v) is 5.73. The first kappa shape index (κ1) is 17.0. The molecule has 1 unspecified atom stereocenters. The maximum Gasteiger partial charge on any atom is 0.152 e. The van der Waals surface area contributed by atoms with E-state index in [2.05, 4.69) is 18.7 Å². The van der Waals surface area contributed by atoms with Crippen molar-refractivity contribution >= 4 is 9.84 Å². The third-order valence-electron chi connectivity index (χ3n) is 4.12. The van der Waals surface area contributed by atoms with Crippen molar-refractivity contribution in [2.75, 3.05) is 31.1 Å². The van der Waals surface area contributed by atoms with Gasteiger partial charge in [0.2, 0.25) is 0 Å². The van der Waals surface area contributed by atoms with Gasteiger partial charge in [-0.25, -0.2) is 8.42 Å². The van der Waals surface area contributed by atoms with Crippen LogP contribution in [0, 0.1) is 5.92 Å². The molecule has 0 bridgehead atoms. The smallest absolute Gasteiger partial charge is 0.152 e. The number of unbranched alkanes of at least 4 members (excludes halogenated alkanes) is 3. The Labute approximate surface area is 119 Å². The minimum absolute atomic E-state index is 0.363. The van der Waals surface area contributed by atoms with Crippen LogP contribution in [0.5, 0.6) is 0 Å². The number of nitrogens with zero attached hydrogens (tertiary/aromatic N) is 1. The number of hydrogen-bond donors (Lipinski definition) is 0. The van der Waals surface area contributed by atoms with Gasteiger partial charge in [-0.05, 0) is 18.8 Å². The summed E-state index contributed by atoms with van der Waals surface area (Å²) in [6, 6.07) is 0. The fourth-order valence-corrected chi connectivity index (χ4v) is 4.17. The molecular formula is C15H31NO2S. The summed E-state index contributed by atoms with van der Waals surface area (Å²) >= 11 is 0. The van der Waals surface area contributed by atoms with Crippen LogP contribution >= 0.6 is 0 Å². The monoisotopic (exact) mass is 289 g/mol. The van der Waals surface area contributed by atoms with Crippen molar-refractivity contribution in [3.8, 4) is 0 Å². The van der Waals surface area contributed by atoms with E-state index in [1.54, 1.807) is 0 Å². The lowest BCUT2D eigenvalue weighted by Crippen LogP contribution is -2.42. The van der Waals surface area contributed by atoms with Gasteiger partial charge in [0.1, 0.15) is 0 Å². The zero-order chi connectivity index (χ0) is 14.1. The normalized spacial score (nSPS) is 21.4. The Balaban J connectivity index is 2.28. The molecule has 1 fully saturated rings. The maximum atomic E-state index is 11.4. The zero-order valence-corrected chi connectivity index (χ0v) is 13.6. The fraction of sp³-hybridized carbons (Fsp3) is 1.00. The summed E-state index contributed by atoms with van der Waals surface area (Å²) in [4.78, 5) is 2.36. The van der Waals surface area contributed by atoms with E-state index in [0.717, 1.165) is 25.6 Å². The van der Waals surface area contributed by atoms with E-state index in [-0.39, 0.29) is 0 Å². The van der Waals surface area contributed by atoms with Crippen LogP contribution in [-0.2, 0) is 9.84 Å². The average molecular weight is 289 g/mol. The van der Waals surface area contributed by atoms with Crippen LogP contribution in [0.1, 0.15) is 58.8 Å². The molecule has 1 aliphatic heterocycles. The van der Waals surface area contributed by atoms with Crippen LogP contribution in [0.15, 0.2) is 0 Å². The predicted octanol–water partition coefficient (Wildman–Crippen LogP) is 3.10. The van der Waals surface area contributed by atoms with Crippen molar-refractivity contribution in [3.05, 3.63) is 0 Å². The number of sulfone groups is 1. The molecule has 0 aromatic rings. The second kappa shape index (κ2) is 8.96. The highest BCUT2D eigenvalue weighted by Crippen LogP contribution is 2.18. The Morgan fingerprint density at radius 3 is 2.21 bits per heavy atom. The molecule has 1 rings (SSSR count). The maximum absolute atomic E-state index is 11.4. The SMILES string of the molecule is CCCCCCC(CCC)CN1CCS(=O)(=O)CC1. The first-order chi connectivity index (χ1) is 9.07. The van der Waals surface area contributed by atoms with Crippen LogP contribution in [0.4, 0.5) is 0 Å². The highest BCUT2D eigenvalue weighted by Gasteiger charge is 2.23. The molecular weight excluding hydrogens is 258 g/mol. The first-order valence-electron chi connectivity index (χ1n) is 8.00. The van der Waals surface area contributed by atoms with Gasteiger partial charge < -0.3 is 4.90 Å². The average Bonchev–Trinajstić information content (AvgIpc) is 2.37. The Morgan fingerprint density at radius 1 is 0.947 bits per heavy atom. The Morgan fingerprint density at radius 2 is 1.63 bits per heavy atom. The van der Waals surface area contributed by atoms with E-state index < -0.39 is 9.84 Å². The van der Waals surface area contributed by atoms with Crippen molar-refractivity contribution in [3.63, 3.8) is 0 Å². The van der Waals surface area contributed by atoms with Gasteiger partial charge >= 0.3 is 0 Å². The largest absolute Gasteiger partial charge is 0.301 e. The van der Waals surface area contributed by atoms with E-state index in [0.29, 0.717) is 11.5 Å². The van der Waals surface area contributed by atoms with E-state index in [1.807, 2.05) is 0 Å². The van der Waals surface area contributed by atoms with Gasteiger partial charge in [-0.3, -0.25) is 0 Å². The van der Waals surface area contributed by atoms with Gasteiger partial charge in [-0.1, -0.05) is 46.0 Å². The summed E-state index contributed by atoms with van der Waals surface area (Å²) in [5.74, 6) is 1.49. The molecule has 0 aliphatic carbocycles. The number of rotatable bonds is 9. The van der Waals surface area contributed by atoms with Gasteiger partial charge in [0, 0.05) is 19.6 Å². The third kappa shape index (κ3) is 7.31. The van der Waals surface area contributed by atoms with Crippen molar-refractivity contribution in [2.45, 2.75) is 58.8 Å². The topological polar surface area (TPSA) is 37.4 Å². The van der Waals surface area contributed by atoms with E-state index >= 15 is 0 Å². The summed E-state index contributed by atoms with van der Waals surface area (Å²) in [5, 5.41) is 0. The Bertz CT molecular complexity index is 313. The molecule has 0 aromatic carbocycles. The summed E-state index contributed by atoms with van der Waals surface area (Å²) in [5.41, 5.74) is 0. The summed E-state index contributed by atoms with van der Waals surface area (Å²) in [6.07, 6.45) is 9.18. The quantitative estimate of drug-likeness (QED) is 0.612. The first-order valence-corrected chi connectivity index (χ1v) is 9.82. The highest BCUT2D eigenvalue weighted by atomic mass is 32.2. The molecule has 0 aromatic heterocycles. The molecule has 0 saturated carbocycles. The molecule has 1 saturated heterocycles. The molecule has 0 N–H and O–H groups in total. The molecule has 1 atom stereocenters. The van der Waals surface area contributed by atoms with Crippen LogP contribution in [0.3, 0.4) is 0 Å². The molecule has 0 radical (unpaired) electrons. The molecule has 19 heavy (non-hydrogen) atoms. The fourth-order valence-electron chi connectivity index (χ4n) is 2.89. The van der Waals surface area contributed by atoms with Crippen LogP contribution in [0.25, 0.3) is 0 Å². The highest BCUT2D eigenvalue weighted by molar-refractivity contribution is 7.91. The van der Waals surface area contributed by atoms with Crippen molar-refractivity contribution in [1.82, 2.24) is 4.90 Å². The molecule has 1 aliphatic rings. The van der Waals surface area contributed by atoms with Crippen LogP contribution in [0.2, 0.25) is 0 Å². The van der Waals surface area contributed by atoms with Crippen molar-refractivity contribution < 1.29 is 8.42 Å². The minimum atomic E-state index is -2.73. The lowest BCUT2D eigenvalue weighted by Gasteiger charge is -2.30. The summed E-state index contributed by atoms with van der Waals surface area (Å²) in [6.45, 7) is 7.10. The zero-order valence-electron chi connectivity index (χ0n) is 12.7. The van der Waals surface area contributed by atoms with Crippen molar-refractivity contribution in [2.24, 2.45) is 5.92 Å². The second-order valence-electron chi connectivity index (χ2n) is 5.96. The van der Waals surface area contributed by atoms with E-state index in [1.165, 1.54) is 44.9 Å². The lowest BCUT2D eigenvalue weighted by atomic mass is 9.95. The molecule has 4 heteroatoms. The molecule has 3 nitrogen and oxygen atoms in total.